The molecule has 4 heterocycles. The first-order valence-electron chi connectivity index (χ1n) is 11.7. The van der Waals surface area contributed by atoms with Crippen molar-refractivity contribution in [1.82, 2.24) is 24.1 Å². The molecule has 0 aromatic carbocycles. The maximum absolute atomic E-state index is 12.8. The fraction of sp³-hybridized carbons (Fsp3) is 0.462. The van der Waals surface area contributed by atoms with Gasteiger partial charge in [-0.2, -0.15) is 0 Å². The number of aromatic nitrogens is 5. The second-order valence-electron chi connectivity index (χ2n) is 9.13. The fourth-order valence-electron chi connectivity index (χ4n) is 4.66. The van der Waals surface area contributed by atoms with E-state index in [4.69, 9.17) is 9.97 Å². The number of nitrogens with zero attached hydrogens (tertiary/aromatic N) is 5. The van der Waals surface area contributed by atoms with Gasteiger partial charge < -0.3 is 9.67 Å². The standard InChI is InChI=1S/C26H33N5O2/c1-8-18(13-32)30-12-16(6)24-22(30)10-15(5)23(29-24)19-11-21-25(28-20(19)9-2)31(14(3)4)26(33)17(7)27-21/h10-12,14,18,32H,8-9,13H2,1-7H3. The van der Waals surface area contributed by atoms with Gasteiger partial charge in [-0.05, 0) is 70.7 Å². The summed E-state index contributed by atoms with van der Waals surface area (Å²) in [5.74, 6) is 0. The summed E-state index contributed by atoms with van der Waals surface area (Å²) in [6.45, 7) is 14.1. The smallest absolute Gasteiger partial charge is 0.273 e. The molecule has 1 N–H and O–H groups in total. The van der Waals surface area contributed by atoms with Gasteiger partial charge in [0.05, 0.1) is 35.1 Å². The predicted molar refractivity (Wildman–Crippen MR) is 133 cm³/mol. The molecule has 0 aliphatic rings. The van der Waals surface area contributed by atoms with E-state index in [1.165, 1.54) is 0 Å². The lowest BCUT2D eigenvalue weighted by Crippen LogP contribution is -2.26. The van der Waals surface area contributed by atoms with Crippen molar-refractivity contribution in [3.8, 4) is 11.3 Å². The van der Waals surface area contributed by atoms with E-state index in [0.29, 0.717) is 23.3 Å². The van der Waals surface area contributed by atoms with Gasteiger partial charge in [-0.1, -0.05) is 13.8 Å². The molecule has 0 bridgehead atoms. The summed E-state index contributed by atoms with van der Waals surface area (Å²) in [6.07, 6.45) is 3.64. The molecule has 0 aliphatic carbocycles. The molecule has 4 aromatic rings. The van der Waals surface area contributed by atoms with Crippen molar-refractivity contribution in [2.45, 2.75) is 73.4 Å². The van der Waals surface area contributed by atoms with Crippen molar-refractivity contribution in [1.29, 1.82) is 0 Å². The van der Waals surface area contributed by atoms with Crippen LogP contribution in [0.3, 0.4) is 0 Å². The highest BCUT2D eigenvalue weighted by Crippen LogP contribution is 2.33. The molecule has 7 nitrogen and oxygen atoms in total. The van der Waals surface area contributed by atoms with Crippen molar-refractivity contribution in [3.05, 3.63) is 51.2 Å². The lowest BCUT2D eigenvalue weighted by atomic mass is 10.0. The number of fused-ring (bicyclic) bond motifs is 2. The molecular weight excluding hydrogens is 414 g/mol. The first-order chi connectivity index (χ1) is 15.7. The van der Waals surface area contributed by atoms with Gasteiger partial charge in [0.1, 0.15) is 11.2 Å². The second kappa shape index (κ2) is 8.71. The summed E-state index contributed by atoms with van der Waals surface area (Å²) in [5.41, 5.74) is 8.51. The lowest BCUT2D eigenvalue weighted by molar-refractivity contribution is 0.227. The molecule has 1 atom stereocenters. The van der Waals surface area contributed by atoms with Gasteiger partial charge in [0.2, 0.25) is 0 Å². The van der Waals surface area contributed by atoms with Crippen LogP contribution in [0.15, 0.2) is 23.1 Å². The Balaban J connectivity index is 2.01. The van der Waals surface area contributed by atoms with E-state index in [2.05, 4.69) is 49.5 Å². The number of aryl methyl sites for hydroxylation is 4. The predicted octanol–water partition coefficient (Wildman–Crippen LogP) is 4.82. The molecule has 0 amide bonds. The van der Waals surface area contributed by atoms with Gasteiger partial charge in [0.25, 0.3) is 5.56 Å². The molecule has 4 rings (SSSR count). The van der Waals surface area contributed by atoms with E-state index in [1.54, 1.807) is 11.5 Å². The summed E-state index contributed by atoms with van der Waals surface area (Å²) in [6, 6.07) is 4.20. The minimum absolute atomic E-state index is 0.0126. The topological polar surface area (TPSA) is 85.8 Å². The molecule has 0 radical (unpaired) electrons. The maximum Gasteiger partial charge on any atom is 0.273 e. The van der Waals surface area contributed by atoms with Crippen LogP contribution < -0.4 is 5.56 Å². The number of aliphatic hydroxyl groups is 1. The molecule has 33 heavy (non-hydrogen) atoms. The normalized spacial score (nSPS) is 12.9. The third-order valence-corrected chi connectivity index (χ3v) is 6.47. The molecule has 0 saturated heterocycles. The molecule has 1 unspecified atom stereocenters. The SMILES string of the molecule is CCc1nc2c(cc1-c1nc3c(C)cn(C(CC)CO)c3cc1C)nc(C)c(=O)n2C(C)C. The monoisotopic (exact) mass is 447 g/mol. The summed E-state index contributed by atoms with van der Waals surface area (Å²) in [5, 5.41) is 9.84. The summed E-state index contributed by atoms with van der Waals surface area (Å²) >= 11 is 0. The molecule has 0 aliphatic heterocycles. The second-order valence-corrected chi connectivity index (χ2v) is 9.13. The van der Waals surface area contributed by atoms with E-state index in [0.717, 1.165) is 45.5 Å². The molecule has 0 spiro atoms. The molecule has 0 fully saturated rings. The Kier molecular flexibility index (Phi) is 6.10. The molecular formula is C26H33N5O2. The van der Waals surface area contributed by atoms with Gasteiger partial charge in [0, 0.05) is 17.8 Å². The summed E-state index contributed by atoms with van der Waals surface area (Å²) in [4.78, 5) is 27.3. The van der Waals surface area contributed by atoms with Crippen LogP contribution in [0.5, 0.6) is 0 Å². The number of pyridine rings is 2. The number of hydrogen-bond donors (Lipinski definition) is 1. The van der Waals surface area contributed by atoms with Crippen molar-refractivity contribution >= 4 is 22.2 Å². The Hall–Kier alpha value is -3.06. The summed E-state index contributed by atoms with van der Waals surface area (Å²) in [7, 11) is 0. The van der Waals surface area contributed by atoms with Crippen molar-refractivity contribution in [3.63, 3.8) is 0 Å². The van der Waals surface area contributed by atoms with Crippen LogP contribution in [0, 0.1) is 20.8 Å². The highest BCUT2D eigenvalue weighted by molar-refractivity contribution is 5.86. The van der Waals surface area contributed by atoms with Gasteiger partial charge in [-0.3, -0.25) is 9.36 Å². The van der Waals surface area contributed by atoms with E-state index in [1.807, 2.05) is 19.9 Å². The number of aliphatic hydroxyl groups excluding tert-OH is 1. The third kappa shape index (κ3) is 3.74. The zero-order valence-electron chi connectivity index (χ0n) is 20.6. The molecule has 0 saturated carbocycles. The molecule has 7 heteroatoms. The highest BCUT2D eigenvalue weighted by atomic mass is 16.3. The van der Waals surface area contributed by atoms with Gasteiger partial charge >= 0.3 is 0 Å². The van der Waals surface area contributed by atoms with Crippen molar-refractivity contribution < 1.29 is 5.11 Å². The fourth-order valence-corrected chi connectivity index (χ4v) is 4.66. The van der Waals surface area contributed by atoms with Crippen LogP contribution in [0.1, 0.15) is 68.7 Å². The average molecular weight is 448 g/mol. The first kappa shape index (κ1) is 23.1. The zero-order chi connectivity index (χ0) is 24.0. The minimum Gasteiger partial charge on any atom is -0.394 e. The molecule has 174 valence electrons. The van der Waals surface area contributed by atoms with Crippen molar-refractivity contribution in [2.24, 2.45) is 0 Å². The number of hydrogen-bond acceptors (Lipinski definition) is 5. The Morgan fingerprint density at radius 3 is 2.36 bits per heavy atom. The van der Waals surface area contributed by atoms with E-state index >= 15 is 0 Å². The van der Waals surface area contributed by atoms with Crippen molar-refractivity contribution in [2.75, 3.05) is 6.61 Å². The van der Waals surface area contributed by atoms with Crippen LogP contribution >= 0.6 is 0 Å². The Morgan fingerprint density at radius 1 is 1.03 bits per heavy atom. The quantitative estimate of drug-likeness (QED) is 0.458. The largest absolute Gasteiger partial charge is 0.394 e. The van der Waals surface area contributed by atoms with Crippen LogP contribution in [0.4, 0.5) is 0 Å². The summed E-state index contributed by atoms with van der Waals surface area (Å²) < 4.78 is 3.87. The zero-order valence-corrected chi connectivity index (χ0v) is 20.6. The highest BCUT2D eigenvalue weighted by Gasteiger charge is 2.20. The first-order valence-corrected chi connectivity index (χ1v) is 11.7. The van der Waals surface area contributed by atoms with Gasteiger partial charge in [-0.25, -0.2) is 15.0 Å². The minimum atomic E-state index is -0.0955. The maximum atomic E-state index is 12.8. The van der Waals surface area contributed by atoms with Gasteiger partial charge in [-0.15, -0.1) is 0 Å². The van der Waals surface area contributed by atoms with Crippen LogP contribution in [-0.4, -0.2) is 35.8 Å². The van der Waals surface area contributed by atoms with E-state index < -0.39 is 0 Å². The molecule has 4 aromatic heterocycles. The Morgan fingerprint density at radius 2 is 1.76 bits per heavy atom. The average Bonchev–Trinajstić information content (AvgIpc) is 3.09. The Labute approximate surface area is 194 Å². The van der Waals surface area contributed by atoms with Crippen LogP contribution in [0.25, 0.3) is 33.5 Å². The van der Waals surface area contributed by atoms with Crippen LogP contribution in [-0.2, 0) is 6.42 Å². The van der Waals surface area contributed by atoms with Crippen LogP contribution in [0.2, 0.25) is 0 Å². The third-order valence-electron chi connectivity index (χ3n) is 6.47. The van der Waals surface area contributed by atoms with E-state index in [-0.39, 0.29) is 24.2 Å². The van der Waals surface area contributed by atoms with Gasteiger partial charge in [0.15, 0.2) is 5.65 Å². The lowest BCUT2D eigenvalue weighted by Gasteiger charge is -2.18. The Bertz CT molecular complexity index is 1410. The number of rotatable bonds is 6. The van der Waals surface area contributed by atoms with E-state index in [9.17, 15) is 9.90 Å².